The Hall–Kier alpha value is -2.97. The van der Waals surface area contributed by atoms with Crippen molar-refractivity contribution in [3.8, 4) is 0 Å². The second-order valence-electron chi connectivity index (χ2n) is 4.96. The number of benzene rings is 2. The fourth-order valence-electron chi connectivity index (χ4n) is 1.84. The van der Waals surface area contributed by atoms with E-state index in [0.717, 1.165) is 0 Å². The highest BCUT2D eigenvalue weighted by atomic mass is 35.5. The van der Waals surface area contributed by atoms with Gasteiger partial charge in [0.15, 0.2) is 0 Å². The topological polar surface area (TPSA) is 114 Å². The van der Waals surface area contributed by atoms with Crippen molar-refractivity contribution in [2.45, 2.75) is 0 Å². The van der Waals surface area contributed by atoms with Crippen LogP contribution < -0.4 is 10.7 Å². The van der Waals surface area contributed by atoms with Crippen LogP contribution in [0.15, 0.2) is 47.6 Å². The van der Waals surface area contributed by atoms with Crippen LogP contribution in [0.25, 0.3) is 0 Å². The Kier molecular flexibility index (Phi) is 6.65. The number of nitrogens with zero attached hydrogens (tertiary/aromatic N) is 2. The molecule has 0 heterocycles. The first-order chi connectivity index (χ1) is 12.4. The first kappa shape index (κ1) is 19.4. The highest BCUT2D eigenvalue weighted by Crippen LogP contribution is 2.22. The van der Waals surface area contributed by atoms with Crippen LogP contribution in [-0.2, 0) is 4.79 Å². The summed E-state index contributed by atoms with van der Waals surface area (Å²) in [6.07, 6.45) is 1.26. The quantitative estimate of drug-likeness (QED) is 0.445. The van der Waals surface area contributed by atoms with Gasteiger partial charge in [0.2, 0.25) is 0 Å². The lowest BCUT2D eigenvalue weighted by atomic mass is 10.2. The smallest absolute Gasteiger partial charge is 0.270 e. The highest BCUT2D eigenvalue weighted by molar-refractivity contribution is 6.42. The molecule has 0 aliphatic rings. The average Bonchev–Trinajstić information content (AvgIpc) is 2.62. The third-order valence-corrected chi connectivity index (χ3v) is 3.81. The van der Waals surface area contributed by atoms with Gasteiger partial charge in [-0.05, 0) is 18.2 Å². The molecule has 0 saturated carbocycles. The second kappa shape index (κ2) is 8.93. The molecule has 0 aliphatic carbocycles. The molecule has 0 aliphatic heterocycles. The predicted molar refractivity (Wildman–Crippen MR) is 97.6 cm³/mol. The summed E-state index contributed by atoms with van der Waals surface area (Å²) in [6, 6.07) is 10.1. The van der Waals surface area contributed by atoms with Crippen molar-refractivity contribution < 1.29 is 14.5 Å². The van der Waals surface area contributed by atoms with Crippen LogP contribution >= 0.6 is 23.2 Å². The van der Waals surface area contributed by atoms with Gasteiger partial charge < -0.3 is 5.32 Å². The maximum Gasteiger partial charge on any atom is 0.270 e. The molecule has 0 bridgehead atoms. The van der Waals surface area contributed by atoms with Crippen molar-refractivity contribution >= 4 is 46.9 Å². The predicted octanol–water partition coefficient (Wildman–Crippen LogP) is 2.78. The van der Waals surface area contributed by atoms with Crippen LogP contribution in [0.5, 0.6) is 0 Å². The molecule has 2 amide bonds. The highest BCUT2D eigenvalue weighted by Gasteiger charge is 2.09. The van der Waals surface area contributed by atoms with Crippen molar-refractivity contribution in [3.05, 3.63) is 73.8 Å². The van der Waals surface area contributed by atoms with Crippen molar-refractivity contribution in [3.63, 3.8) is 0 Å². The van der Waals surface area contributed by atoms with E-state index in [-0.39, 0.29) is 22.8 Å². The Morgan fingerprint density at radius 3 is 2.62 bits per heavy atom. The zero-order valence-electron chi connectivity index (χ0n) is 13.1. The lowest BCUT2D eigenvalue weighted by Crippen LogP contribution is -2.34. The number of carbonyl (C=O) groups is 2. The van der Waals surface area contributed by atoms with Crippen LogP contribution in [0, 0.1) is 10.1 Å². The minimum absolute atomic E-state index is 0.0887. The molecule has 0 unspecified atom stereocenters. The van der Waals surface area contributed by atoms with Gasteiger partial charge >= 0.3 is 0 Å². The van der Waals surface area contributed by atoms with Gasteiger partial charge in [-0.2, -0.15) is 5.10 Å². The molecule has 0 saturated heterocycles. The molecule has 134 valence electrons. The molecule has 10 heteroatoms. The summed E-state index contributed by atoms with van der Waals surface area (Å²) in [6.45, 7) is -0.314. The van der Waals surface area contributed by atoms with E-state index in [1.807, 2.05) is 0 Å². The maximum atomic E-state index is 11.9. The van der Waals surface area contributed by atoms with Crippen molar-refractivity contribution in [1.82, 2.24) is 10.7 Å². The lowest BCUT2D eigenvalue weighted by molar-refractivity contribution is -0.384. The molecule has 0 radical (unpaired) electrons. The number of nitro benzene ring substituents is 1. The molecule has 0 atom stereocenters. The number of hydrogen-bond acceptors (Lipinski definition) is 5. The average molecular weight is 395 g/mol. The minimum Gasteiger partial charge on any atom is -0.343 e. The summed E-state index contributed by atoms with van der Waals surface area (Å²) in [7, 11) is 0. The third-order valence-electron chi connectivity index (χ3n) is 3.08. The van der Waals surface area contributed by atoms with Gasteiger partial charge in [0.05, 0.1) is 27.7 Å². The molecular weight excluding hydrogens is 383 g/mol. The van der Waals surface area contributed by atoms with Crippen molar-refractivity contribution in [2.75, 3.05) is 6.54 Å². The molecule has 2 aromatic carbocycles. The molecule has 2 rings (SSSR count). The molecule has 8 nitrogen and oxygen atoms in total. The van der Waals surface area contributed by atoms with Crippen LogP contribution in [0.1, 0.15) is 15.9 Å². The van der Waals surface area contributed by atoms with Crippen LogP contribution in [-0.4, -0.2) is 29.5 Å². The van der Waals surface area contributed by atoms with Crippen LogP contribution in [0.3, 0.4) is 0 Å². The Morgan fingerprint density at radius 1 is 1.15 bits per heavy atom. The Balaban J connectivity index is 1.85. The summed E-state index contributed by atoms with van der Waals surface area (Å²) >= 11 is 11.6. The van der Waals surface area contributed by atoms with E-state index < -0.39 is 16.7 Å². The zero-order valence-corrected chi connectivity index (χ0v) is 14.6. The second-order valence-corrected chi connectivity index (χ2v) is 5.77. The largest absolute Gasteiger partial charge is 0.343 e. The van der Waals surface area contributed by atoms with E-state index in [9.17, 15) is 19.7 Å². The summed E-state index contributed by atoms with van der Waals surface area (Å²) < 4.78 is 0. The van der Waals surface area contributed by atoms with Gasteiger partial charge in [0.1, 0.15) is 0 Å². The van der Waals surface area contributed by atoms with Crippen molar-refractivity contribution in [2.24, 2.45) is 5.10 Å². The number of rotatable bonds is 6. The van der Waals surface area contributed by atoms with Crippen molar-refractivity contribution in [1.29, 1.82) is 0 Å². The molecule has 2 aromatic rings. The monoisotopic (exact) mass is 394 g/mol. The maximum absolute atomic E-state index is 11.9. The molecule has 0 fully saturated rings. The van der Waals surface area contributed by atoms with Crippen LogP contribution in [0.4, 0.5) is 5.69 Å². The molecule has 0 aromatic heterocycles. The third kappa shape index (κ3) is 5.54. The number of non-ortho nitro benzene ring substituents is 1. The Morgan fingerprint density at radius 2 is 1.92 bits per heavy atom. The van der Waals surface area contributed by atoms with Gasteiger partial charge in [-0.15, -0.1) is 0 Å². The zero-order chi connectivity index (χ0) is 19.1. The normalized spacial score (nSPS) is 10.5. The number of nitrogens with one attached hydrogen (secondary N) is 2. The van der Waals surface area contributed by atoms with E-state index in [1.54, 1.807) is 6.07 Å². The number of hydrazone groups is 1. The minimum atomic E-state index is -0.569. The number of halogens is 2. The van der Waals surface area contributed by atoms with Crippen LogP contribution in [0.2, 0.25) is 10.0 Å². The SMILES string of the molecule is O=C(CNC(=O)c1ccc(Cl)c(Cl)c1)NN=Cc1cccc([N+](=O)[O-])c1. The van der Waals surface area contributed by atoms with E-state index in [0.29, 0.717) is 10.6 Å². The standard InChI is InChI=1S/C16H12Cl2N4O4/c17-13-5-4-11(7-14(13)18)16(24)19-9-15(23)21-20-8-10-2-1-3-12(6-10)22(25)26/h1-8H,9H2,(H,19,24)(H,21,23). The van der Waals surface area contributed by atoms with E-state index in [2.05, 4.69) is 15.8 Å². The summed E-state index contributed by atoms with van der Waals surface area (Å²) in [5.41, 5.74) is 2.82. The molecule has 0 spiro atoms. The lowest BCUT2D eigenvalue weighted by Gasteiger charge is -2.05. The van der Waals surface area contributed by atoms with E-state index in [4.69, 9.17) is 23.2 Å². The van der Waals surface area contributed by atoms with Gasteiger partial charge in [0, 0.05) is 23.3 Å². The number of nitro groups is 1. The fourth-order valence-corrected chi connectivity index (χ4v) is 2.14. The summed E-state index contributed by atoms with van der Waals surface area (Å²) in [5.74, 6) is -1.07. The first-order valence-electron chi connectivity index (χ1n) is 7.16. The van der Waals surface area contributed by atoms with E-state index >= 15 is 0 Å². The van der Waals surface area contributed by atoms with Gasteiger partial charge in [-0.3, -0.25) is 19.7 Å². The Bertz CT molecular complexity index is 886. The Labute approximate surface area is 157 Å². The van der Waals surface area contributed by atoms with Gasteiger partial charge in [0.25, 0.3) is 17.5 Å². The van der Waals surface area contributed by atoms with Gasteiger partial charge in [-0.1, -0.05) is 35.3 Å². The number of carbonyl (C=O) groups excluding carboxylic acids is 2. The molecule has 26 heavy (non-hydrogen) atoms. The summed E-state index contributed by atoms with van der Waals surface area (Å²) in [4.78, 5) is 33.7. The molecular formula is C16H12Cl2N4O4. The first-order valence-corrected chi connectivity index (χ1v) is 7.92. The number of amides is 2. The van der Waals surface area contributed by atoms with E-state index in [1.165, 1.54) is 42.6 Å². The summed E-state index contributed by atoms with van der Waals surface area (Å²) in [5, 5.41) is 17.3. The molecule has 2 N–H and O–H groups in total. The number of hydrogen-bond donors (Lipinski definition) is 2. The fraction of sp³-hybridized carbons (Fsp3) is 0.0625. The van der Waals surface area contributed by atoms with Gasteiger partial charge in [-0.25, -0.2) is 5.43 Å².